The minimum atomic E-state index is -1.04. The molecular weight excluding hydrogens is 287 g/mol. The van der Waals surface area contributed by atoms with Gasteiger partial charge in [-0.15, -0.1) is 23.2 Å². The Balaban J connectivity index is 2.15. The van der Waals surface area contributed by atoms with Crippen LogP contribution in [0.3, 0.4) is 0 Å². The third-order valence-corrected chi connectivity index (χ3v) is 4.35. The number of carbonyl (C=O) groups is 1. The molecule has 1 fully saturated rings. The largest absolute Gasteiger partial charge is 0.324 e. The Bertz CT molecular complexity index is 492. The summed E-state index contributed by atoms with van der Waals surface area (Å²) in [5.74, 6) is -0.786. The minimum Gasteiger partial charge on any atom is -0.324 e. The first-order chi connectivity index (χ1) is 7.76. The average molecular weight is 297 g/mol. The Morgan fingerprint density at radius 2 is 2.06 bits per heavy atom. The highest BCUT2D eigenvalue weighted by Crippen LogP contribution is 2.64. The van der Waals surface area contributed by atoms with E-state index in [4.69, 9.17) is 34.8 Å². The zero-order valence-electron chi connectivity index (χ0n) is 8.86. The smallest absolute Gasteiger partial charge is 0.233 e. The molecule has 0 aliphatic heterocycles. The molecule has 1 atom stereocenters. The molecule has 0 aromatic heterocycles. The molecule has 1 aromatic rings. The van der Waals surface area contributed by atoms with Gasteiger partial charge in [-0.1, -0.05) is 11.6 Å². The van der Waals surface area contributed by atoms with Gasteiger partial charge in [0.2, 0.25) is 5.91 Å². The Morgan fingerprint density at radius 1 is 1.47 bits per heavy atom. The van der Waals surface area contributed by atoms with Crippen LogP contribution in [0.1, 0.15) is 13.3 Å². The molecule has 0 heterocycles. The van der Waals surface area contributed by atoms with E-state index in [1.54, 1.807) is 6.92 Å². The van der Waals surface area contributed by atoms with Crippen molar-refractivity contribution in [1.82, 2.24) is 0 Å². The molecule has 0 radical (unpaired) electrons. The van der Waals surface area contributed by atoms with Crippen molar-refractivity contribution in [1.29, 1.82) is 0 Å². The van der Waals surface area contributed by atoms with E-state index in [0.29, 0.717) is 12.1 Å². The van der Waals surface area contributed by atoms with Crippen LogP contribution in [-0.4, -0.2) is 10.2 Å². The van der Waals surface area contributed by atoms with Crippen molar-refractivity contribution < 1.29 is 9.18 Å². The van der Waals surface area contributed by atoms with Gasteiger partial charge in [0.25, 0.3) is 0 Å². The monoisotopic (exact) mass is 295 g/mol. The van der Waals surface area contributed by atoms with Gasteiger partial charge in [-0.2, -0.15) is 0 Å². The quantitative estimate of drug-likeness (QED) is 0.821. The molecule has 2 rings (SSSR count). The van der Waals surface area contributed by atoms with E-state index in [1.807, 2.05) is 0 Å². The zero-order valence-corrected chi connectivity index (χ0v) is 11.1. The normalized spacial score (nSPS) is 25.5. The second-order valence-electron chi connectivity index (χ2n) is 4.29. The van der Waals surface area contributed by atoms with Crippen LogP contribution in [0.4, 0.5) is 10.1 Å². The molecule has 17 heavy (non-hydrogen) atoms. The first-order valence-corrected chi connectivity index (χ1v) is 6.04. The van der Waals surface area contributed by atoms with Gasteiger partial charge in [-0.25, -0.2) is 4.39 Å². The van der Waals surface area contributed by atoms with E-state index >= 15 is 0 Å². The van der Waals surface area contributed by atoms with Crippen LogP contribution < -0.4 is 5.32 Å². The molecule has 6 heteroatoms. The van der Waals surface area contributed by atoms with Crippen LogP contribution in [-0.2, 0) is 4.79 Å². The highest BCUT2D eigenvalue weighted by Gasteiger charge is 2.67. The fraction of sp³-hybridized carbons (Fsp3) is 0.364. The molecule has 1 N–H and O–H groups in total. The molecule has 92 valence electrons. The van der Waals surface area contributed by atoms with Gasteiger partial charge in [-0.3, -0.25) is 4.79 Å². The zero-order chi connectivity index (χ0) is 12.8. The molecule has 0 spiro atoms. The molecule has 0 bridgehead atoms. The number of alkyl halides is 2. The molecule has 1 saturated carbocycles. The number of rotatable bonds is 2. The first-order valence-electron chi connectivity index (χ1n) is 4.91. The van der Waals surface area contributed by atoms with Crippen molar-refractivity contribution >= 4 is 46.4 Å². The molecule has 1 unspecified atom stereocenters. The summed E-state index contributed by atoms with van der Waals surface area (Å²) in [6.45, 7) is 1.67. The van der Waals surface area contributed by atoms with Crippen molar-refractivity contribution in [2.75, 3.05) is 5.32 Å². The predicted octanol–water partition coefficient (Wildman–Crippen LogP) is 4.00. The molecule has 1 amide bonds. The summed E-state index contributed by atoms with van der Waals surface area (Å²) < 4.78 is 11.8. The fourth-order valence-electron chi connectivity index (χ4n) is 1.50. The van der Waals surface area contributed by atoms with Crippen molar-refractivity contribution in [3.8, 4) is 0 Å². The number of hydrogen-bond donors (Lipinski definition) is 1. The number of carbonyl (C=O) groups excluding carboxylic acids is 1. The highest BCUT2D eigenvalue weighted by molar-refractivity contribution is 6.53. The standard InChI is InChI=1S/C11H9Cl3FNO/c1-10(5-11(10,13)14)9(17)16-8-3-2-6(15)4-7(8)12/h2-4H,5H2,1H3,(H,16,17). The van der Waals surface area contributed by atoms with E-state index in [9.17, 15) is 9.18 Å². The Hall–Kier alpha value is -0.510. The summed E-state index contributed by atoms with van der Waals surface area (Å²) in [4.78, 5) is 11.9. The minimum absolute atomic E-state index is 0.136. The summed E-state index contributed by atoms with van der Waals surface area (Å²) in [7, 11) is 0. The highest BCUT2D eigenvalue weighted by atomic mass is 35.5. The fourth-order valence-corrected chi connectivity index (χ4v) is 2.42. The number of benzene rings is 1. The number of amides is 1. The maximum atomic E-state index is 12.8. The third-order valence-electron chi connectivity index (χ3n) is 2.94. The lowest BCUT2D eigenvalue weighted by molar-refractivity contribution is -0.120. The van der Waals surface area contributed by atoms with Crippen molar-refractivity contribution in [3.63, 3.8) is 0 Å². The molecule has 1 aromatic carbocycles. The van der Waals surface area contributed by atoms with E-state index in [0.717, 1.165) is 6.07 Å². The Labute approximate surface area is 113 Å². The Morgan fingerprint density at radius 3 is 2.53 bits per heavy atom. The second kappa shape index (κ2) is 4.01. The van der Waals surface area contributed by atoms with Crippen molar-refractivity contribution in [3.05, 3.63) is 29.0 Å². The number of halogens is 4. The van der Waals surface area contributed by atoms with E-state index in [1.165, 1.54) is 12.1 Å². The van der Waals surface area contributed by atoms with Gasteiger partial charge in [0.1, 0.15) is 10.2 Å². The van der Waals surface area contributed by atoms with Crippen LogP contribution in [0.15, 0.2) is 18.2 Å². The predicted molar refractivity (Wildman–Crippen MR) is 67.2 cm³/mol. The third kappa shape index (κ3) is 2.24. The van der Waals surface area contributed by atoms with Gasteiger partial charge in [0.15, 0.2) is 0 Å². The van der Waals surface area contributed by atoms with Crippen molar-refractivity contribution in [2.45, 2.75) is 17.7 Å². The summed E-state index contributed by atoms with van der Waals surface area (Å²) in [6.07, 6.45) is 0.383. The lowest BCUT2D eigenvalue weighted by Crippen LogP contribution is -2.26. The van der Waals surface area contributed by atoms with Crippen LogP contribution in [0.25, 0.3) is 0 Å². The number of nitrogens with one attached hydrogen (secondary N) is 1. The van der Waals surface area contributed by atoms with E-state index in [-0.39, 0.29) is 10.9 Å². The van der Waals surface area contributed by atoms with Gasteiger partial charge in [0, 0.05) is 0 Å². The van der Waals surface area contributed by atoms with Gasteiger partial charge < -0.3 is 5.32 Å². The Kier molecular flexibility index (Phi) is 3.05. The summed E-state index contributed by atoms with van der Waals surface area (Å²) in [5, 5.41) is 2.73. The lowest BCUT2D eigenvalue weighted by Gasteiger charge is -2.13. The molecule has 1 aliphatic rings. The van der Waals surface area contributed by atoms with Crippen LogP contribution in [0.5, 0.6) is 0 Å². The van der Waals surface area contributed by atoms with Gasteiger partial charge in [-0.05, 0) is 31.5 Å². The summed E-state index contributed by atoms with van der Waals surface area (Å²) in [6, 6.07) is 3.73. The van der Waals surface area contributed by atoms with Crippen molar-refractivity contribution in [2.24, 2.45) is 5.41 Å². The second-order valence-corrected chi connectivity index (χ2v) is 6.18. The maximum absolute atomic E-state index is 12.8. The maximum Gasteiger partial charge on any atom is 0.233 e. The van der Waals surface area contributed by atoms with E-state index in [2.05, 4.69) is 5.32 Å². The van der Waals surface area contributed by atoms with Gasteiger partial charge in [0.05, 0.1) is 16.1 Å². The SMILES string of the molecule is CC1(C(=O)Nc2ccc(F)cc2Cl)CC1(Cl)Cl. The molecule has 0 saturated heterocycles. The van der Waals surface area contributed by atoms with Crippen LogP contribution >= 0.6 is 34.8 Å². The van der Waals surface area contributed by atoms with Gasteiger partial charge >= 0.3 is 0 Å². The molecule has 1 aliphatic carbocycles. The lowest BCUT2D eigenvalue weighted by atomic mass is 10.1. The summed E-state index contributed by atoms with van der Waals surface area (Å²) in [5.41, 5.74) is -0.483. The average Bonchev–Trinajstić information content (AvgIpc) is 2.72. The van der Waals surface area contributed by atoms with Crippen LogP contribution in [0, 0.1) is 11.2 Å². The molecule has 2 nitrogen and oxygen atoms in total. The number of anilines is 1. The van der Waals surface area contributed by atoms with E-state index < -0.39 is 15.6 Å². The number of hydrogen-bond acceptors (Lipinski definition) is 1. The molecular formula is C11H9Cl3FNO. The summed E-state index contributed by atoms with van der Waals surface area (Å²) >= 11 is 17.6. The van der Waals surface area contributed by atoms with Crippen LogP contribution in [0.2, 0.25) is 5.02 Å². The first kappa shape index (κ1) is 12.9. The topological polar surface area (TPSA) is 29.1 Å².